The van der Waals surface area contributed by atoms with Crippen LogP contribution in [-0.2, 0) is 36.3 Å². The van der Waals surface area contributed by atoms with Gasteiger partial charge in [0.25, 0.3) is 0 Å². The van der Waals surface area contributed by atoms with Gasteiger partial charge in [-0.25, -0.2) is 0 Å². The van der Waals surface area contributed by atoms with Crippen molar-refractivity contribution in [3.8, 4) is 0 Å². The van der Waals surface area contributed by atoms with Crippen LogP contribution in [0.5, 0.6) is 0 Å². The third kappa shape index (κ3) is 9.56. The molecule has 0 aliphatic carbocycles. The zero-order valence-electron chi connectivity index (χ0n) is 15.5. The van der Waals surface area contributed by atoms with Gasteiger partial charge < -0.3 is 23.8 Å². The molecule has 0 saturated heterocycles. The fraction of sp³-hybridized carbons (Fsp3) is 0.579. The van der Waals surface area contributed by atoms with Crippen LogP contribution in [0.25, 0.3) is 0 Å². The molecule has 1 heterocycles. The fourth-order valence-corrected chi connectivity index (χ4v) is 3.32. The normalized spacial score (nSPS) is 11.7. The van der Waals surface area contributed by atoms with Crippen LogP contribution < -0.4 is 0 Å². The average molecular weight is 525 g/mol. The Hall–Kier alpha value is 0.453. The van der Waals surface area contributed by atoms with E-state index in [0.29, 0.717) is 5.41 Å². The molecule has 1 rings (SSSR count). The maximum atomic E-state index is 5.65. The summed E-state index contributed by atoms with van der Waals surface area (Å²) in [6, 6.07) is 2.19. The zero-order chi connectivity index (χ0) is 18.1. The summed E-state index contributed by atoms with van der Waals surface area (Å²) in [4.78, 5) is 1.51. The topological polar surface area (TPSA) is 0 Å². The zero-order valence-corrected chi connectivity index (χ0v) is 20.6. The van der Waals surface area contributed by atoms with Crippen molar-refractivity contribution in [2.24, 2.45) is 5.41 Å². The van der Waals surface area contributed by atoms with Crippen molar-refractivity contribution in [2.45, 2.75) is 67.7 Å². The molecular weight excluding hydrogens is 495 g/mol. The molecule has 0 aliphatic heterocycles. The summed E-state index contributed by atoms with van der Waals surface area (Å²) < 4.78 is 0. The molecule has 0 N–H and O–H groups in total. The third-order valence-corrected chi connectivity index (χ3v) is 4.38. The second kappa shape index (κ2) is 11.1. The van der Waals surface area contributed by atoms with E-state index in [9.17, 15) is 0 Å². The molecule has 125 valence electrons. The summed E-state index contributed by atoms with van der Waals surface area (Å²) in [6.07, 6.45) is 3.10. The Balaban J connectivity index is 0. The third-order valence-electron chi connectivity index (χ3n) is 2.94. The van der Waals surface area contributed by atoms with E-state index < -0.39 is 0 Å². The first-order chi connectivity index (χ1) is 9.91. The van der Waals surface area contributed by atoms with Gasteiger partial charge in [0.2, 0.25) is 0 Å². The molecule has 0 saturated carbocycles. The van der Waals surface area contributed by atoms with Gasteiger partial charge in [-0.3, -0.25) is 0 Å². The second-order valence-electron chi connectivity index (χ2n) is 7.24. The van der Waals surface area contributed by atoms with Crippen LogP contribution in [0.4, 0.5) is 0 Å². The Morgan fingerprint density at radius 1 is 1.18 bits per heavy atom. The SMILES string of the molecule is Cc1ccsc1C(C)(C)C.[CH-]=C(C)C(=[C-]C)C(C)(C)C.[V]=[W]. The Morgan fingerprint density at radius 3 is 1.73 bits per heavy atom. The van der Waals surface area contributed by atoms with Crippen LogP contribution in [0.2, 0.25) is 0 Å². The molecule has 0 fully saturated rings. The monoisotopic (exact) mass is 525 g/mol. The van der Waals surface area contributed by atoms with E-state index in [4.69, 9.17) is 6.58 Å². The Bertz CT molecular complexity index is 484. The molecular formula is C19H30SVW-2. The van der Waals surface area contributed by atoms with E-state index >= 15 is 0 Å². The molecule has 0 nitrogen and oxygen atoms in total. The number of rotatable bonds is 1. The Kier molecular flexibility index (Phi) is 12.4. The van der Waals surface area contributed by atoms with Crippen LogP contribution in [-0.4, -0.2) is 0 Å². The van der Waals surface area contributed by atoms with Crippen molar-refractivity contribution in [1.82, 2.24) is 0 Å². The van der Waals surface area contributed by atoms with Crippen molar-refractivity contribution in [3.63, 3.8) is 0 Å². The first kappa shape index (κ1) is 24.7. The Morgan fingerprint density at radius 2 is 1.64 bits per heavy atom. The van der Waals surface area contributed by atoms with Gasteiger partial charge in [0.1, 0.15) is 0 Å². The van der Waals surface area contributed by atoms with E-state index in [1.165, 1.54) is 27.3 Å². The quantitative estimate of drug-likeness (QED) is 0.290. The van der Waals surface area contributed by atoms with Gasteiger partial charge in [-0.2, -0.15) is 0 Å². The molecule has 0 atom stereocenters. The second-order valence-corrected chi connectivity index (χ2v) is 8.16. The van der Waals surface area contributed by atoms with E-state index in [0.717, 1.165) is 11.1 Å². The molecule has 1 aromatic rings. The van der Waals surface area contributed by atoms with E-state index in [-0.39, 0.29) is 5.41 Å². The summed E-state index contributed by atoms with van der Waals surface area (Å²) >= 11 is 5.77. The van der Waals surface area contributed by atoms with Crippen molar-refractivity contribution in [3.05, 3.63) is 45.7 Å². The molecule has 1 aromatic heterocycles. The minimum absolute atomic E-state index is 0.133. The van der Waals surface area contributed by atoms with Crippen LogP contribution in [0.1, 0.15) is 65.8 Å². The summed E-state index contributed by atoms with van der Waals surface area (Å²) in [5, 5.41) is 2.16. The molecule has 0 aromatic carbocycles. The van der Waals surface area contributed by atoms with Crippen molar-refractivity contribution in [1.29, 1.82) is 0 Å². The van der Waals surface area contributed by atoms with Gasteiger partial charge in [0, 0.05) is 4.88 Å². The van der Waals surface area contributed by atoms with Gasteiger partial charge in [-0.15, -0.1) is 30.6 Å². The number of aryl methyl sites for hydroxylation is 1. The molecule has 0 spiro atoms. The van der Waals surface area contributed by atoms with E-state index in [1.54, 1.807) is 0 Å². The summed E-state index contributed by atoms with van der Waals surface area (Å²) in [7, 11) is 0. The molecule has 0 aliphatic rings. The first-order valence-corrected chi connectivity index (χ1v) is 14.1. The van der Waals surface area contributed by atoms with Crippen molar-refractivity contribution >= 4 is 11.3 Å². The molecule has 0 radical (unpaired) electrons. The standard InChI is InChI=1S/C10H16.C9H14S.V.W/c1-7-9(8(2)3)10(4,5)6;1-7-5-6-10-8(7)9(2,3)4;;/h2H,1,3-6H3;5-6H,1-4H3;;/q-2;;;. The summed E-state index contributed by atoms with van der Waals surface area (Å²) in [5.41, 5.74) is 3.88. The average Bonchev–Trinajstić information content (AvgIpc) is 2.77. The molecule has 0 unspecified atom stereocenters. The van der Waals surface area contributed by atoms with Crippen LogP contribution in [0, 0.1) is 25.0 Å². The predicted octanol–water partition coefficient (Wildman–Crippen LogP) is 6.51. The van der Waals surface area contributed by atoms with E-state index in [1.807, 2.05) is 25.2 Å². The molecule has 3 heteroatoms. The molecule has 0 amide bonds. The van der Waals surface area contributed by atoms with Crippen molar-refractivity contribution < 1.29 is 30.9 Å². The molecule has 22 heavy (non-hydrogen) atoms. The van der Waals surface area contributed by atoms with Gasteiger partial charge in [-0.05, 0) is 29.3 Å². The van der Waals surface area contributed by atoms with Crippen LogP contribution in [0.15, 0.2) is 22.6 Å². The van der Waals surface area contributed by atoms with Crippen LogP contribution >= 0.6 is 11.3 Å². The maximum absolute atomic E-state index is 5.65. The van der Waals surface area contributed by atoms with Gasteiger partial charge in [0.05, 0.1) is 0 Å². The summed E-state index contributed by atoms with van der Waals surface area (Å²) in [5.74, 6) is 0. The molecule has 0 bridgehead atoms. The Labute approximate surface area is 160 Å². The van der Waals surface area contributed by atoms with E-state index in [2.05, 4.69) is 80.1 Å². The first-order valence-electron chi connectivity index (χ1n) is 7.28. The van der Waals surface area contributed by atoms with Gasteiger partial charge >= 0.3 is 30.9 Å². The fourth-order valence-electron chi connectivity index (χ4n) is 2.30. The number of allylic oxidation sites excluding steroid dienone is 3. The predicted molar refractivity (Wildman–Crippen MR) is 93.1 cm³/mol. The van der Waals surface area contributed by atoms with Gasteiger partial charge in [-0.1, -0.05) is 41.5 Å². The minimum atomic E-state index is 0.133. The summed E-state index contributed by atoms with van der Waals surface area (Å²) in [6.45, 7) is 24.8. The number of hydrogen-bond acceptors (Lipinski definition) is 1. The van der Waals surface area contributed by atoms with Crippen molar-refractivity contribution in [2.75, 3.05) is 0 Å². The number of hydrogen-bond donors (Lipinski definition) is 0. The van der Waals surface area contributed by atoms with Gasteiger partial charge in [0.15, 0.2) is 0 Å². The number of thiophene rings is 1. The van der Waals surface area contributed by atoms with Crippen LogP contribution in [0.3, 0.4) is 0 Å².